The molecule has 1 aromatic carbocycles. The molecule has 0 amide bonds. The van der Waals surface area contributed by atoms with E-state index in [1.54, 1.807) is 4.90 Å². The van der Waals surface area contributed by atoms with Gasteiger partial charge in [0.15, 0.2) is 0 Å². The number of piperazine rings is 1. The lowest BCUT2D eigenvalue weighted by atomic mass is 9.97. The number of benzene rings is 1. The minimum atomic E-state index is -4.35. The van der Waals surface area contributed by atoms with Crippen LogP contribution < -0.4 is 5.32 Å². The van der Waals surface area contributed by atoms with E-state index in [1.165, 1.54) is 6.07 Å². The van der Waals surface area contributed by atoms with Gasteiger partial charge in [-0.15, -0.1) is 0 Å². The maximum Gasteiger partial charge on any atom is 0.389 e. The predicted molar refractivity (Wildman–Crippen MR) is 75.5 cm³/mol. The van der Waals surface area contributed by atoms with Gasteiger partial charge >= 0.3 is 6.18 Å². The molecule has 0 saturated carbocycles. The molecule has 1 aliphatic heterocycles. The summed E-state index contributed by atoms with van der Waals surface area (Å²) in [6.07, 6.45) is -5.69. The largest absolute Gasteiger partial charge is 0.389 e. The van der Waals surface area contributed by atoms with Crippen LogP contribution in [0.4, 0.5) is 23.2 Å². The molecule has 128 valence electrons. The van der Waals surface area contributed by atoms with Crippen LogP contribution in [0.15, 0.2) is 18.2 Å². The molecule has 5 nitrogen and oxygen atoms in total. The van der Waals surface area contributed by atoms with Crippen molar-refractivity contribution in [2.75, 3.05) is 26.2 Å². The van der Waals surface area contributed by atoms with Crippen LogP contribution in [0.2, 0.25) is 0 Å². The minimum Gasteiger partial charge on any atom is -0.314 e. The van der Waals surface area contributed by atoms with Gasteiger partial charge in [-0.3, -0.25) is 15.0 Å². The molecule has 1 N–H and O–H groups in total. The SMILES string of the molecule is O=[N+]([O-])c1cc(F)ccc1[C@H](CCC(F)(F)F)N1CCNCC1. The Hall–Kier alpha value is -1.74. The Bertz CT molecular complexity index is 559. The molecule has 23 heavy (non-hydrogen) atoms. The van der Waals surface area contributed by atoms with E-state index in [0.29, 0.717) is 26.2 Å². The van der Waals surface area contributed by atoms with Crippen LogP contribution >= 0.6 is 0 Å². The molecule has 2 rings (SSSR count). The number of nitrogens with zero attached hydrogens (tertiary/aromatic N) is 2. The van der Waals surface area contributed by atoms with E-state index in [2.05, 4.69) is 5.32 Å². The zero-order valence-corrected chi connectivity index (χ0v) is 12.3. The van der Waals surface area contributed by atoms with Gasteiger partial charge in [0.25, 0.3) is 5.69 Å². The van der Waals surface area contributed by atoms with Crippen LogP contribution in [0.3, 0.4) is 0 Å². The average Bonchev–Trinajstić information content (AvgIpc) is 2.48. The molecular weight excluding hydrogens is 318 g/mol. The Kier molecular flexibility index (Phi) is 5.53. The monoisotopic (exact) mass is 335 g/mol. The van der Waals surface area contributed by atoms with Crippen LogP contribution in [-0.4, -0.2) is 42.2 Å². The fraction of sp³-hybridized carbons (Fsp3) is 0.571. The van der Waals surface area contributed by atoms with Crippen LogP contribution in [0, 0.1) is 15.9 Å². The van der Waals surface area contributed by atoms with Gasteiger partial charge in [0, 0.05) is 44.2 Å². The van der Waals surface area contributed by atoms with Gasteiger partial charge in [-0.25, -0.2) is 4.39 Å². The van der Waals surface area contributed by atoms with Crippen molar-refractivity contribution in [3.63, 3.8) is 0 Å². The van der Waals surface area contributed by atoms with E-state index in [0.717, 1.165) is 12.1 Å². The summed E-state index contributed by atoms with van der Waals surface area (Å²) >= 11 is 0. The summed E-state index contributed by atoms with van der Waals surface area (Å²) in [7, 11) is 0. The Morgan fingerprint density at radius 1 is 1.30 bits per heavy atom. The zero-order chi connectivity index (χ0) is 17.0. The third kappa shape index (κ3) is 4.87. The lowest BCUT2D eigenvalue weighted by Crippen LogP contribution is -2.45. The normalized spacial score (nSPS) is 17.9. The third-order valence-corrected chi connectivity index (χ3v) is 3.84. The second-order valence-electron chi connectivity index (χ2n) is 5.42. The van der Waals surface area contributed by atoms with Crippen molar-refractivity contribution in [1.82, 2.24) is 10.2 Å². The Labute approximate surface area is 130 Å². The van der Waals surface area contributed by atoms with Gasteiger partial charge < -0.3 is 5.32 Å². The zero-order valence-electron chi connectivity index (χ0n) is 12.3. The number of alkyl halides is 3. The molecule has 0 unspecified atom stereocenters. The van der Waals surface area contributed by atoms with Gasteiger partial charge in [0.2, 0.25) is 0 Å². The van der Waals surface area contributed by atoms with E-state index < -0.39 is 35.1 Å². The second-order valence-corrected chi connectivity index (χ2v) is 5.42. The van der Waals surface area contributed by atoms with Crippen molar-refractivity contribution in [2.24, 2.45) is 0 Å². The maximum atomic E-state index is 13.3. The molecule has 1 aromatic rings. The second kappa shape index (κ2) is 7.22. The van der Waals surface area contributed by atoms with Gasteiger partial charge in [0.05, 0.1) is 11.0 Å². The van der Waals surface area contributed by atoms with Gasteiger partial charge in [-0.1, -0.05) is 0 Å². The predicted octanol–water partition coefficient (Wildman–Crippen LogP) is 3.02. The van der Waals surface area contributed by atoms with Crippen LogP contribution in [0.5, 0.6) is 0 Å². The highest BCUT2D eigenvalue weighted by Crippen LogP contribution is 2.36. The first-order chi connectivity index (χ1) is 10.8. The van der Waals surface area contributed by atoms with Gasteiger partial charge in [-0.2, -0.15) is 13.2 Å². The summed E-state index contributed by atoms with van der Waals surface area (Å²) in [5.41, 5.74) is -0.349. The van der Waals surface area contributed by atoms with Gasteiger partial charge in [0.1, 0.15) is 5.82 Å². The summed E-state index contributed by atoms with van der Waals surface area (Å²) in [6, 6.07) is 2.26. The summed E-state index contributed by atoms with van der Waals surface area (Å²) < 4.78 is 51.1. The number of rotatable bonds is 5. The van der Waals surface area contributed by atoms with Crippen molar-refractivity contribution in [1.29, 1.82) is 0 Å². The third-order valence-electron chi connectivity index (χ3n) is 3.84. The summed E-state index contributed by atoms with van der Waals surface area (Å²) in [5, 5.41) is 14.2. The van der Waals surface area contributed by atoms with Crippen LogP contribution in [0.25, 0.3) is 0 Å². The highest BCUT2D eigenvalue weighted by atomic mass is 19.4. The number of nitrogens with one attached hydrogen (secondary N) is 1. The van der Waals surface area contributed by atoms with Crippen LogP contribution in [-0.2, 0) is 0 Å². The van der Waals surface area contributed by atoms with E-state index in [9.17, 15) is 27.7 Å². The quantitative estimate of drug-likeness (QED) is 0.510. The van der Waals surface area contributed by atoms with Crippen LogP contribution in [0.1, 0.15) is 24.4 Å². The molecular formula is C14H17F4N3O2. The Morgan fingerprint density at radius 2 is 1.96 bits per heavy atom. The molecule has 1 heterocycles. The molecule has 1 fully saturated rings. The minimum absolute atomic E-state index is 0.127. The van der Waals surface area contributed by atoms with Crippen molar-refractivity contribution in [3.8, 4) is 0 Å². The lowest BCUT2D eigenvalue weighted by Gasteiger charge is -2.35. The van der Waals surface area contributed by atoms with E-state index in [4.69, 9.17) is 0 Å². The highest BCUT2D eigenvalue weighted by Gasteiger charge is 2.34. The maximum absolute atomic E-state index is 13.3. The first kappa shape index (κ1) is 17.6. The molecule has 0 aromatic heterocycles. The average molecular weight is 335 g/mol. The lowest BCUT2D eigenvalue weighted by molar-refractivity contribution is -0.386. The Morgan fingerprint density at radius 3 is 2.52 bits per heavy atom. The van der Waals surface area contributed by atoms with E-state index in [1.807, 2.05) is 0 Å². The molecule has 0 radical (unpaired) electrons. The van der Waals surface area contributed by atoms with Crippen molar-refractivity contribution < 1.29 is 22.5 Å². The Balaban J connectivity index is 2.34. The summed E-state index contributed by atoms with van der Waals surface area (Å²) in [5.74, 6) is -0.782. The number of halogens is 4. The number of nitro benzene ring substituents is 1. The smallest absolute Gasteiger partial charge is 0.314 e. The summed E-state index contributed by atoms with van der Waals surface area (Å²) in [6.45, 7) is 2.16. The van der Waals surface area contributed by atoms with E-state index >= 15 is 0 Å². The summed E-state index contributed by atoms with van der Waals surface area (Å²) in [4.78, 5) is 12.2. The molecule has 1 saturated heterocycles. The van der Waals surface area contributed by atoms with Crippen molar-refractivity contribution >= 4 is 5.69 Å². The number of hydrogen-bond acceptors (Lipinski definition) is 4. The standard InChI is InChI=1S/C14H17F4N3O2/c15-10-1-2-11(13(9-10)21(22)23)12(3-4-14(16,17)18)20-7-5-19-6-8-20/h1-2,9,12,19H,3-8H2/t12-/m0/s1. The first-order valence-corrected chi connectivity index (χ1v) is 7.23. The van der Waals surface area contributed by atoms with Crippen molar-refractivity contribution in [2.45, 2.75) is 25.1 Å². The number of nitro groups is 1. The highest BCUT2D eigenvalue weighted by molar-refractivity contribution is 5.42. The molecule has 1 atom stereocenters. The fourth-order valence-corrected chi connectivity index (χ4v) is 2.79. The fourth-order valence-electron chi connectivity index (χ4n) is 2.79. The molecule has 1 aliphatic rings. The molecule has 0 aliphatic carbocycles. The molecule has 0 spiro atoms. The molecule has 0 bridgehead atoms. The molecule has 9 heteroatoms. The van der Waals surface area contributed by atoms with Crippen molar-refractivity contribution in [3.05, 3.63) is 39.7 Å². The van der Waals surface area contributed by atoms with Gasteiger partial charge in [-0.05, 0) is 18.6 Å². The van der Waals surface area contributed by atoms with E-state index in [-0.39, 0.29) is 12.0 Å². The topological polar surface area (TPSA) is 58.4 Å². The number of hydrogen-bond donors (Lipinski definition) is 1. The first-order valence-electron chi connectivity index (χ1n) is 7.23.